The minimum atomic E-state index is 0. The molecule has 0 aliphatic carbocycles. The summed E-state index contributed by atoms with van der Waals surface area (Å²) < 4.78 is 0. The minimum Gasteiger partial charge on any atom is -0.356 e. The maximum absolute atomic E-state index is 4.51. The molecule has 2 aromatic rings. The van der Waals surface area contributed by atoms with Gasteiger partial charge in [-0.1, -0.05) is 24.3 Å². The second kappa shape index (κ2) is 8.29. The highest BCUT2D eigenvalue weighted by Gasteiger charge is 2.04. The van der Waals surface area contributed by atoms with Gasteiger partial charge < -0.3 is 10.6 Å². The number of benzene rings is 1. The maximum Gasteiger partial charge on any atom is 0.191 e. The lowest BCUT2D eigenvalue weighted by Crippen LogP contribution is -2.36. The van der Waals surface area contributed by atoms with Crippen LogP contribution in [0.15, 0.2) is 34.6 Å². The van der Waals surface area contributed by atoms with E-state index in [9.17, 15) is 0 Å². The van der Waals surface area contributed by atoms with Crippen LogP contribution in [0.3, 0.4) is 0 Å². The molecule has 0 bridgehead atoms. The number of hydrogen-bond acceptors (Lipinski definition) is 5. The smallest absolute Gasteiger partial charge is 0.191 e. The predicted molar refractivity (Wildman–Crippen MR) is 99.0 cm³/mol. The zero-order chi connectivity index (χ0) is 14.5. The fraction of sp³-hybridized carbons (Fsp3) is 0.375. The summed E-state index contributed by atoms with van der Waals surface area (Å²) in [5, 5.41) is 9.90. The van der Waals surface area contributed by atoms with Crippen molar-refractivity contribution >= 4 is 34.3 Å². The second-order valence-corrected chi connectivity index (χ2v) is 6.23. The average Bonchev–Trinajstić information content (AvgIpc) is 2.78. The van der Waals surface area contributed by atoms with E-state index in [1.54, 1.807) is 11.3 Å². The molecule has 0 atom stereocenters. The molecule has 6 heteroatoms. The molecule has 0 saturated carbocycles. The van der Waals surface area contributed by atoms with Crippen molar-refractivity contribution in [2.24, 2.45) is 4.99 Å². The third-order valence-electron chi connectivity index (χ3n) is 3.48. The molecule has 1 aliphatic heterocycles. The highest BCUT2D eigenvalue weighted by molar-refractivity contribution is 8.93. The van der Waals surface area contributed by atoms with Gasteiger partial charge in [0.15, 0.2) is 5.96 Å². The molecule has 3 rings (SSSR count). The molecule has 0 spiro atoms. The number of thiazole rings is 1. The van der Waals surface area contributed by atoms with Crippen LogP contribution in [-0.4, -0.2) is 24.0 Å². The standard InChI is InChI=1S/C16H20N4S.BrH/c1-12-20-15(11-21-12)14-6-4-13(5-7-14)10-19-16-17-8-2-3-9-18-16;/h4-7,11H,2-3,8-10H2,1H3,(H2,17,18,19);1H. The van der Waals surface area contributed by atoms with Gasteiger partial charge in [0, 0.05) is 30.6 Å². The number of nitrogens with one attached hydrogen (secondary N) is 2. The van der Waals surface area contributed by atoms with Crippen LogP contribution in [0.2, 0.25) is 0 Å². The molecule has 1 aliphatic rings. The number of aromatic nitrogens is 1. The monoisotopic (exact) mass is 380 g/mol. The summed E-state index contributed by atoms with van der Waals surface area (Å²) in [4.78, 5) is 9.01. The molecule has 1 aromatic heterocycles. The first kappa shape index (κ1) is 17.0. The van der Waals surface area contributed by atoms with E-state index >= 15 is 0 Å². The average molecular weight is 381 g/mol. The fourth-order valence-corrected chi connectivity index (χ4v) is 2.91. The Labute approximate surface area is 145 Å². The van der Waals surface area contributed by atoms with Gasteiger partial charge in [-0.25, -0.2) is 4.98 Å². The topological polar surface area (TPSA) is 49.3 Å². The second-order valence-electron chi connectivity index (χ2n) is 5.17. The van der Waals surface area contributed by atoms with E-state index in [0.717, 1.165) is 36.3 Å². The molecule has 0 saturated heterocycles. The number of halogens is 1. The molecule has 1 aromatic carbocycles. The highest BCUT2D eigenvalue weighted by Crippen LogP contribution is 2.21. The Kier molecular flexibility index (Phi) is 6.39. The predicted octanol–water partition coefficient (Wildman–Crippen LogP) is 3.53. The van der Waals surface area contributed by atoms with Gasteiger partial charge >= 0.3 is 0 Å². The fourth-order valence-electron chi connectivity index (χ4n) is 2.28. The summed E-state index contributed by atoms with van der Waals surface area (Å²) in [6.45, 7) is 4.75. The Bertz CT molecular complexity index is 621. The minimum absolute atomic E-state index is 0. The van der Waals surface area contributed by atoms with E-state index in [0.29, 0.717) is 0 Å². The van der Waals surface area contributed by atoms with Crippen molar-refractivity contribution in [1.82, 2.24) is 15.6 Å². The Morgan fingerprint density at radius 3 is 2.77 bits per heavy atom. The number of rotatable bonds is 3. The third kappa shape index (κ3) is 4.55. The summed E-state index contributed by atoms with van der Waals surface area (Å²) in [6.07, 6.45) is 2.36. The molecule has 2 N–H and O–H groups in total. The van der Waals surface area contributed by atoms with Crippen molar-refractivity contribution in [1.29, 1.82) is 0 Å². The molecular formula is C16H21BrN4S. The molecule has 0 fully saturated rings. The largest absolute Gasteiger partial charge is 0.356 e. The first-order valence-electron chi connectivity index (χ1n) is 7.35. The van der Waals surface area contributed by atoms with Gasteiger partial charge in [0.2, 0.25) is 0 Å². The molecule has 2 heterocycles. The van der Waals surface area contributed by atoms with Gasteiger partial charge in [-0.2, -0.15) is 0 Å². The zero-order valence-corrected chi connectivity index (χ0v) is 15.2. The van der Waals surface area contributed by atoms with Crippen molar-refractivity contribution < 1.29 is 0 Å². The first-order valence-corrected chi connectivity index (χ1v) is 8.23. The SMILES string of the molecule is Br.Cc1nc(-c2ccc(CNC3=NCCCCN3)cc2)cs1. The lowest BCUT2D eigenvalue weighted by atomic mass is 10.1. The molecule has 22 heavy (non-hydrogen) atoms. The van der Waals surface area contributed by atoms with Crippen LogP contribution in [-0.2, 0) is 6.54 Å². The van der Waals surface area contributed by atoms with E-state index in [4.69, 9.17) is 0 Å². The maximum atomic E-state index is 4.51. The van der Waals surface area contributed by atoms with Crippen LogP contribution in [0.25, 0.3) is 11.3 Å². The van der Waals surface area contributed by atoms with Crippen LogP contribution < -0.4 is 10.6 Å². The van der Waals surface area contributed by atoms with Crippen LogP contribution in [0, 0.1) is 6.92 Å². The summed E-state index contributed by atoms with van der Waals surface area (Å²) in [5.74, 6) is 0.923. The number of nitrogens with zero attached hydrogens (tertiary/aromatic N) is 2. The number of guanidine groups is 1. The van der Waals surface area contributed by atoms with E-state index in [-0.39, 0.29) is 17.0 Å². The van der Waals surface area contributed by atoms with Crippen molar-refractivity contribution in [3.05, 3.63) is 40.2 Å². The van der Waals surface area contributed by atoms with Gasteiger partial charge in [0.1, 0.15) is 0 Å². The summed E-state index contributed by atoms with van der Waals surface area (Å²) in [6, 6.07) is 8.56. The normalized spacial score (nSPS) is 14.3. The quantitative estimate of drug-likeness (QED) is 0.855. The van der Waals surface area contributed by atoms with Gasteiger partial charge in [0.05, 0.1) is 10.7 Å². The zero-order valence-electron chi connectivity index (χ0n) is 12.6. The molecule has 118 valence electrons. The molecule has 4 nitrogen and oxygen atoms in total. The van der Waals surface area contributed by atoms with E-state index in [2.05, 4.69) is 50.3 Å². The van der Waals surface area contributed by atoms with Gasteiger partial charge in [0.25, 0.3) is 0 Å². The number of hydrogen-bond donors (Lipinski definition) is 2. The Morgan fingerprint density at radius 2 is 2.05 bits per heavy atom. The summed E-state index contributed by atoms with van der Waals surface area (Å²) >= 11 is 1.69. The van der Waals surface area contributed by atoms with Crippen LogP contribution in [0.1, 0.15) is 23.4 Å². The number of aliphatic imine (C=N–C) groups is 1. The molecular weight excluding hydrogens is 360 g/mol. The van der Waals surface area contributed by atoms with Crippen LogP contribution >= 0.6 is 28.3 Å². The van der Waals surface area contributed by atoms with Gasteiger partial charge in [-0.3, -0.25) is 4.99 Å². The van der Waals surface area contributed by atoms with Gasteiger partial charge in [-0.15, -0.1) is 28.3 Å². The summed E-state index contributed by atoms with van der Waals surface area (Å²) in [7, 11) is 0. The highest BCUT2D eigenvalue weighted by atomic mass is 79.9. The Hall–Kier alpha value is -1.40. The van der Waals surface area contributed by atoms with E-state index in [1.165, 1.54) is 24.0 Å². The lowest BCUT2D eigenvalue weighted by Gasteiger charge is -2.10. The van der Waals surface area contributed by atoms with Gasteiger partial charge in [-0.05, 0) is 25.3 Å². The Morgan fingerprint density at radius 1 is 1.23 bits per heavy atom. The van der Waals surface area contributed by atoms with Crippen molar-refractivity contribution in [2.45, 2.75) is 26.3 Å². The Balaban J connectivity index is 0.00000176. The molecule has 0 radical (unpaired) electrons. The van der Waals surface area contributed by atoms with Crippen LogP contribution in [0.4, 0.5) is 0 Å². The van der Waals surface area contributed by atoms with E-state index in [1.807, 2.05) is 6.92 Å². The first-order chi connectivity index (χ1) is 10.3. The van der Waals surface area contributed by atoms with E-state index < -0.39 is 0 Å². The molecule has 0 unspecified atom stereocenters. The van der Waals surface area contributed by atoms with Crippen molar-refractivity contribution in [3.8, 4) is 11.3 Å². The lowest BCUT2D eigenvalue weighted by molar-refractivity contribution is 0.742. The molecule has 0 amide bonds. The summed E-state index contributed by atoms with van der Waals surface area (Å²) in [5.41, 5.74) is 3.49. The van der Waals surface area contributed by atoms with Crippen molar-refractivity contribution in [2.75, 3.05) is 13.1 Å². The van der Waals surface area contributed by atoms with Crippen LogP contribution in [0.5, 0.6) is 0 Å². The van der Waals surface area contributed by atoms with Crippen molar-refractivity contribution in [3.63, 3.8) is 0 Å². The third-order valence-corrected chi connectivity index (χ3v) is 4.25. The number of aryl methyl sites for hydroxylation is 1.